The van der Waals surface area contributed by atoms with Crippen molar-refractivity contribution < 1.29 is 19.4 Å². The van der Waals surface area contributed by atoms with Crippen LogP contribution in [0.2, 0.25) is 0 Å². The molecule has 20 heavy (non-hydrogen) atoms. The number of nitrogens with one attached hydrogen (secondary N) is 1. The second-order valence-corrected chi connectivity index (χ2v) is 6.30. The summed E-state index contributed by atoms with van der Waals surface area (Å²) in [4.78, 5) is 23.8. The van der Waals surface area contributed by atoms with Crippen LogP contribution in [-0.4, -0.2) is 29.6 Å². The fourth-order valence-electron chi connectivity index (χ4n) is 2.41. The minimum absolute atomic E-state index is 0.132. The van der Waals surface area contributed by atoms with Gasteiger partial charge in [0.05, 0.1) is 0 Å². The van der Waals surface area contributed by atoms with E-state index in [-0.39, 0.29) is 29.2 Å². The van der Waals surface area contributed by atoms with Crippen LogP contribution in [0.5, 0.6) is 5.75 Å². The lowest BCUT2D eigenvalue weighted by atomic mass is 9.95. The van der Waals surface area contributed by atoms with Crippen molar-refractivity contribution in [2.75, 3.05) is 6.61 Å². The predicted octanol–water partition coefficient (Wildman–Crippen LogP) is 2.58. The van der Waals surface area contributed by atoms with E-state index in [1.165, 1.54) is 6.42 Å². The van der Waals surface area contributed by atoms with Gasteiger partial charge in [0.25, 0.3) is 5.91 Å². The molecular formula is C14H19NO4S. The number of hydrogen-bond acceptors (Lipinski definition) is 4. The van der Waals surface area contributed by atoms with E-state index in [2.05, 4.69) is 5.32 Å². The molecule has 0 bridgehead atoms. The molecule has 2 N–H and O–H groups in total. The summed E-state index contributed by atoms with van der Waals surface area (Å²) in [6.45, 7) is 1.68. The Bertz CT molecular complexity index is 491. The maximum atomic E-state index is 11.8. The maximum Gasteiger partial charge on any atom is 0.349 e. The normalized spacial score (nSPS) is 15.8. The summed E-state index contributed by atoms with van der Waals surface area (Å²) in [5, 5.41) is 12.0. The van der Waals surface area contributed by atoms with Crippen molar-refractivity contribution in [3.63, 3.8) is 0 Å². The van der Waals surface area contributed by atoms with Gasteiger partial charge in [0.15, 0.2) is 11.5 Å². The molecule has 0 radical (unpaired) electrons. The average molecular weight is 297 g/mol. The van der Waals surface area contributed by atoms with Gasteiger partial charge in [-0.05, 0) is 25.8 Å². The summed E-state index contributed by atoms with van der Waals surface area (Å²) in [5.41, 5.74) is 0. The number of amides is 1. The number of hydrogen-bond donors (Lipinski definition) is 2. The van der Waals surface area contributed by atoms with E-state index in [4.69, 9.17) is 9.84 Å². The zero-order valence-corrected chi connectivity index (χ0v) is 12.3. The Kier molecular flexibility index (Phi) is 5.00. The molecule has 110 valence electrons. The number of carbonyl (C=O) groups excluding carboxylic acids is 1. The smallest absolute Gasteiger partial charge is 0.349 e. The van der Waals surface area contributed by atoms with Gasteiger partial charge in [0.1, 0.15) is 5.75 Å². The van der Waals surface area contributed by atoms with Crippen LogP contribution < -0.4 is 10.1 Å². The van der Waals surface area contributed by atoms with E-state index in [0.717, 1.165) is 41.9 Å². The number of aryl methyl sites for hydroxylation is 1. The molecule has 1 heterocycles. The zero-order chi connectivity index (χ0) is 14.5. The highest BCUT2D eigenvalue weighted by atomic mass is 32.1. The highest BCUT2D eigenvalue weighted by molar-refractivity contribution is 7.14. The van der Waals surface area contributed by atoms with Gasteiger partial charge in [-0.3, -0.25) is 4.79 Å². The van der Waals surface area contributed by atoms with Crippen LogP contribution >= 0.6 is 11.3 Å². The third kappa shape index (κ3) is 3.96. The van der Waals surface area contributed by atoms with E-state index in [1.54, 1.807) is 6.07 Å². The minimum atomic E-state index is -1.02. The Morgan fingerprint density at radius 3 is 2.75 bits per heavy atom. The maximum absolute atomic E-state index is 11.8. The molecule has 2 rings (SSSR count). The molecule has 6 heteroatoms. The third-order valence-corrected chi connectivity index (χ3v) is 4.36. The summed E-state index contributed by atoms with van der Waals surface area (Å²) in [6, 6.07) is 1.89. The molecule has 0 atom stereocenters. The van der Waals surface area contributed by atoms with Crippen molar-refractivity contribution in [2.45, 2.75) is 45.1 Å². The third-order valence-electron chi connectivity index (χ3n) is 3.34. The van der Waals surface area contributed by atoms with Gasteiger partial charge >= 0.3 is 5.97 Å². The van der Waals surface area contributed by atoms with Gasteiger partial charge in [-0.15, -0.1) is 11.3 Å². The van der Waals surface area contributed by atoms with Crippen LogP contribution in [0.4, 0.5) is 0 Å². The molecule has 0 spiro atoms. The summed E-state index contributed by atoms with van der Waals surface area (Å²) in [5.74, 6) is -0.929. The topological polar surface area (TPSA) is 75.6 Å². The highest BCUT2D eigenvalue weighted by Crippen LogP contribution is 2.28. The lowest BCUT2D eigenvalue weighted by Gasteiger charge is -2.22. The van der Waals surface area contributed by atoms with Gasteiger partial charge in [0.2, 0.25) is 0 Å². The van der Waals surface area contributed by atoms with Crippen LogP contribution in [0, 0.1) is 6.92 Å². The molecule has 1 saturated carbocycles. The first kappa shape index (κ1) is 14.8. The van der Waals surface area contributed by atoms with E-state index >= 15 is 0 Å². The highest BCUT2D eigenvalue weighted by Gasteiger charge is 2.18. The van der Waals surface area contributed by atoms with E-state index in [9.17, 15) is 9.59 Å². The summed E-state index contributed by atoms with van der Waals surface area (Å²) < 4.78 is 5.34. The van der Waals surface area contributed by atoms with Crippen molar-refractivity contribution >= 4 is 23.2 Å². The van der Waals surface area contributed by atoms with Crippen LogP contribution in [0.25, 0.3) is 0 Å². The zero-order valence-electron chi connectivity index (χ0n) is 11.5. The standard InChI is InChI=1S/C14H19NO4S/c1-9-7-11(13(20-9)14(17)18)19-8-12(16)15-10-5-3-2-4-6-10/h7,10H,2-6,8H2,1H3,(H,15,16)(H,17,18). The van der Waals surface area contributed by atoms with E-state index in [1.807, 2.05) is 6.92 Å². The van der Waals surface area contributed by atoms with Gasteiger partial charge in [-0.25, -0.2) is 4.79 Å². The van der Waals surface area contributed by atoms with Crippen molar-refractivity contribution in [1.82, 2.24) is 5.32 Å². The fourth-order valence-corrected chi connectivity index (χ4v) is 3.20. The molecule has 5 nitrogen and oxygen atoms in total. The van der Waals surface area contributed by atoms with E-state index < -0.39 is 5.97 Å². The average Bonchev–Trinajstić information content (AvgIpc) is 2.79. The molecule has 1 fully saturated rings. The monoisotopic (exact) mass is 297 g/mol. The number of rotatable bonds is 5. The van der Waals surface area contributed by atoms with Crippen LogP contribution in [0.15, 0.2) is 6.07 Å². The SMILES string of the molecule is Cc1cc(OCC(=O)NC2CCCCC2)c(C(=O)O)s1. The lowest BCUT2D eigenvalue weighted by Crippen LogP contribution is -2.39. The molecule has 0 aliphatic heterocycles. The molecule has 0 aromatic carbocycles. The first-order chi connectivity index (χ1) is 9.56. The van der Waals surface area contributed by atoms with Crippen molar-refractivity contribution in [1.29, 1.82) is 0 Å². The molecular weight excluding hydrogens is 278 g/mol. The Balaban J connectivity index is 1.85. The first-order valence-corrected chi connectivity index (χ1v) is 7.64. The number of carbonyl (C=O) groups is 2. The predicted molar refractivity (Wildman–Crippen MR) is 76.5 cm³/mol. The van der Waals surface area contributed by atoms with Gasteiger partial charge in [-0.2, -0.15) is 0 Å². The van der Waals surface area contributed by atoms with Crippen molar-refractivity contribution in [3.8, 4) is 5.75 Å². The molecule has 1 aliphatic carbocycles. The first-order valence-electron chi connectivity index (χ1n) is 6.82. The van der Waals surface area contributed by atoms with Crippen LogP contribution in [-0.2, 0) is 4.79 Å². The van der Waals surface area contributed by atoms with Crippen molar-refractivity contribution in [3.05, 3.63) is 15.8 Å². The molecule has 1 aliphatic rings. The minimum Gasteiger partial charge on any atom is -0.482 e. The van der Waals surface area contributed by atoms with Crippen molar-refractivity contribution in [2.24, 2.45) is 0 Å². The molecule has 0 unspecified atom stereocenters. The summed E-state index contributed by atoms with van der Waals surface area (Å²) in [6.07, 6.45) is 5.57. The molecule has 0 saturated heterocycles. The van der Waals surface area contributed by atoms with Crippen LogP contribution in [0.3, 0.4) is 0 Å². The fraction of sp³-hybridized carbons (Fsp3) is 0.571. The Labute approximate surface area is 121 Å². The Hall–Kier alpha value is -1.56. The second-order valence-electron chi connectivity index (χ2n) is 5.05. The molecule has 1 aromatic rings. The number of carboxylic acids is 1. The van der Waals surface area contributed by atoms with Crippen LogP contribution in [0.1, 0.15) is 46.7 Å². The molecule has 1 amide bonds. The number of carboxylic acid groups (broad SMARTS) is 1. The summed E-state index contributed by atoms with van der Waals surface area (Å²) >= 11 is 1.15. The number of thiophene rings is 1. The molecule has 1 aromatic heterocycles. The Morgan fingerprint density at radius 2 is 2.10 bits per heavy atom. The van der Waals surface area contributed by atoms with Gasteiger partial charge in [0, 0.05) is 10.9 Å². The van der Waals surface area contributed by atoms with E-state index in [0.29, 0.717) is 0 Å². The lowest BCUT2D eigenvalue weighted by molar-refractivity contribution is -0.124. The number of aromatic carboxylic acids is 1. The van der Waals surface area contributed by atoms with Gasteiger partial charge in [-0.1, -0.05) is 19.3 Å². The Morgan fingerprint density at radius 1 is 1.40 bits per heavy atom. The second kappa shape index (κ2) is 6.74. The largest absolute Gasteiger partial charge is 0.482 e. The van der Waals surface area contributed by atoms with Gasteiger partial charge < -0.3 is 15.2 Å². The quantitative estimate of drug-likeness (QED) is 0.876. The number of ether oxygens (including phenoxy) is 1. The summed E-state index contributed by atoms with van der Waals surface area (Å²) in [7, 11) is 0.